The zero-order chi connectivity index (χ0) is 9.42. The van der Waals surface area contributed by atoms with Gasteiger partial charge in [0.2, 0.25) is 0 Å². The molecule has 0 nitrogen and oxygen atoms in total. The summed E-state index contributed by atoms with van der Waals surface area (Å²) in [7, 11) is 0. The Bertz CT molecular complexity index is 448. The number of hydrogen-bond donors (Lipinski definition) is 0. The highest BCUT2D eigenvalue weighted by Crippen LogP contribution is 2.35. The Morgan fingerprint density at radius 2 is 2.08 bits per heavy atom. The van der Waals surface area contributed by atoms with Crippen LogP contribution in [0.1, 0.15) is 0 Å². The zero-order valence-electron chi connectivity index (χ0n) is 6.80. The summed E-state index contributed by atoms with van der Waals surface area (Å²) >= 11 is 8.45. The molecule has 0 radical (unpaired) electrons. The first-order chi connectivity index (χ1) is 6.22. The van der Waals surface area contributed by atoms with E-state index in [0.717, 1.165) is 0 Å². The summed E-state index contributed by atoms with van der Waals surface area (Å²) in [4.78, 5) is 1.40. The zero-order valence-corrected chi connectivity index (χ0v) is 12.8. The molecule has 13 heavy (non-hydrogen) atoms. The first kappa shape index (κ1) is 10.5. The lowest BCUT2D eigenvalue weighted by atomic mass is 10.3. The Labute approximate surface area is 113 Å². The Morgan fingerprint density at radius 3 is 2.77 bits per heavy atom. The van der Waals surface area contributed by atoms with E-state index in [9.17, 15) is 0 Å². The van der Waals surface area contributed by atoms with Crippen LogP contribution in [0.25, 0.3) is 10.1 Å². The number of benzene rings is 1. The number of hydrogen-bond acceptors (Lipinski definition) is 2. The Balaban J connectivity index is 2.84. The molecule has 4 heteroatoms. The lowest BCUT2D eigenvalue weighted by Crippen LogP contribution is -1.76. The van der Waals surface area contributed by atoms with Crippen LogP contribution in [-0.4, -0.2) is 6.26 Å². The molecule has 1 aromatic heterocycles. The van der Waals surface area contributed by atoms with Gasteiger partial charge in [-0.25, -0.2) is 0 Å². The molecule has 1 aromatic carbocycles. The summed E-state index contributed by atoms with van der Waals surface area (Å²) in [6.07, 6.45) is 2.14. The van der Waals surface area contributed by atoms with Crippen molar-refractivity contribution in [3.05, 3.63) is 24.7 Å². The van der Waals surface area contributed by atoms with Crippen LogP contribution in [0.15, 0.2) is 22.4 Å². The highest BCUT2D eigenvalue weighted by Gasteiger charge is 2.06. The van der Waals surface area contributed by atoms with Crippen LogP contribution in [0.2, 0.25) is 0 Å². The molecule has 0 N–H and O–H groups in total. The topological polar surface area (TPSA) is 0 Å². The monoisotopic (exact) mass is 432 g/mol. The van der Waals surface area contributed by atoms with Crippen molar-refractivity contribution in [1.82, 2.24) is 0 Å². The number of halogens is 2. The molecule has 0 amide bonds. The fourth-order valence-corrected chi connectivity index (χ4v) is 4.77. The van der Waals surface area contributed by atoms with Gasteiger partial charge in [0, 0.05) is 27.5 Å². The van der Waals surface area contributed by atoms with E-state index in [1.807, 2.05) is 23.1 Å². The van der Waals surface area contributed by atoms with Crippen molar-refractivity contribution in [1.29, 1.82) is 0 Å². The molecular formula is C9H6I2S2. The molecule has 0 fully saturated rings. The molecule has 0 aliphatic rings. The van der Waals surface area contributed by atoms with Crippen molar-refractivity contribution in [2.45, 2.75) is 4.90 Å². The maximum absolute atomic E-state index is 2.40. The molecule has 2 rings (SSSR count). The lowest BCUT2D eigenvalue weighted by molar-refractivity contribution is 1.55. The van der Waals surface area contributed by atoms with Gasteiger partial charge in [-0.1, -0.05) is 0 Å². The maximum Gasteiger partial charge on any atom is 0.0490 e. The summed E-state index contributed by atoms with van der Waals surface area (Å²) in [6, 6.07) is 4.51. The third kappa shape index (κ3) is 2.00. The van der Waals surface area contributed by atoms with E-state index in [0.29, 0.717) is 0 Å². The Kier molecular flexibility index (Phi) is 3.43. The largest absolute Gasteiger partial charge is 0.141 e. The van der Waals surface area contributed by atoms with Gasteiger partial charge in [0.05, 0.1) is 0 Å². The summed E-state index contributed by atoms with van der Waals surface area (Å²) in [5, 5.41) is 3.63. The van der Waals surface area contributed by atoms with Gasteiger partial charge < -0.3 is 0 Å². The standard InChI is InChI=1S/C9H6I2S2/c1-12-8-3-5(10)2-6-7(11)4-13-9(6)8/h2-4H,1H3. The third-order valence-electron chi connectivity index (χ3n) is 1.78. The first-order valence-electron chi connectivity index (χ1n) is 3.62. The number of thiophene rings is 1. The minimum absolute atomic E-state index is 1.32. The fourth-order valence-electron chi connectivity index (χ4n) is 1.19. The van der Waals surface area contributed by atoms with Crippen LogP contribution in [0.4, 0.5) is 0 Å². The van der Waals surface area contributed by atoms with Crippen LogP contribution in [0.5, 0.6) is 0 Å². The SMILES string of the molecule is CSc1cc(I)cc2c(I)csc12. The molecule has 0 unspecified atom stereocenters. The normalized spacial score (nSPS) is 11.0. The van der Waals surface area contributed by atoms with Gasteiger partial charge in [-0.15, -0.1) is 23.1 Å². The number of rotatable bonds is 1. The van der Waals surface area contributed by atoms with Gasteiger partial charge in [-0.2, -0.15) is 0 Å². The van der Waals surface area contributed by atoms with E-state index in [1.165, 1.54) is 22.1 Å². The summed E-state index contributed by atoms with van der Waals surface area (Å²) < 4.78 is 4.12. The molecule has 68 valence electrons. The van der Waals surface area contributed by atoms with E-state index >= 15 is 0 Å². The van der Waals surface area contributed by atoms with Crippen LogP contribution >= 0.6 is 68.3 Å². The quantitative estimate of drug-likeness (QED) is 0.460. The van der Waals surface area contributed by atoms with E-state index < -0.39 is 0 Å². The Hall–Kier alpha value is 0.990. The van der Waals surface area contributed by atoms with Gasteiger partial charge in [0.1, 0.15) is 0 Å². The van der Waals surface area contributed by atoms with Crippen molar-refractivity contribution in [3.63, 3.8) is 0 Å². The van der Waals surface area contributed by atoms with Gasteiger partial charge in [0.25, 0.3) is 0 Å². The highest BCUT2D eigenvalue weighted by molar-refractivity contribution is 14.1. The van der Waals surface area contributed by atoms with Crippen molar-refractivity contribution in [3.8, 4) is 0 Å². The number of fused-ring (bicyclic) bond motifs is 1. The maximum atomic E-state index is 2.40. The predicted octanol–water partition coefficient (Wildman–Crippen LogP) is 4.83. The number of thioether (sulfide) groups is 1. The molecule has 0 aliphatic heterocycles. The van der Waals surface area contributed by atoms with E-state index in [4.69, 9.17) is 0 Å². The second-order valence-electron chi connectivity index (χ2n) is 2.57. The molecule has 0 atom stereocenters. The second kappa shape index (κ2) is 4.24. The van der Waals surface area contributed by atoms with Crippen molar-refractivity contribution < 1.29 is 0 Å². The van der Waals surface area contributed by atoms with Crippen LogP contribution in [-0.2, 0) is 0 Å². The predicted molar refractivity (Wildman–Crippen MR) is 79.0 cm³/mol. The van der Waals surface area contributed by atoms with Crippen molar-refractivity contribution in [2.75, 3.05) is 6.26 Å². The van der Waals surface area contributed by atoms with E-state index in [1.54, 1.807) is 0 Å². The van der Waals surface area contributed by atoms with E-state index in [-0.39, 0.29) is 0 Å². The fraction of sp³-hybridized carbons (Fsp3) is 0.111. The van der Waals surface area contributed by atoms with Crippen LogP contribution in [0, 0.1) is 7.14 Å². The van der Waals surface area contributed by atoms with Crippen molar-refractivity contribution in [2.24, 2.45) is 0 Å². The molecule has 0 saturated heterocycles. The molecule has 0 bridgehead atoms. The van der Waals surface area contributed by atoms with E-state index in [2.05, 4.69) is 69.0 Å². The second-order valence-corrected chi connectivity index (χ2v) is 6.70. The molecule has 0 aliphatic carbocycles. The minimum Gasteiger partial charge on any atom is -0.141 e. The molecule has 0 saturated carbocycles. The van der Waals surface area contributed by atoms with Gasteiger partial charge in [0.15, 0.2) is 0 Å². The molecular weight excluding hydrogens is 426 g/mol. The average Bonchev–Trinajstić information content (AvgIpc) is 2.47. The third-order valence-corrected chi connectivity index (χ3v) is 5.64. The molecule has 2 aromatic rings. The first-order valence-corrected chi connectivity index (χ1v) is 7.89. The minimum atomic E-state index is 1.32. The average molecular weight is 432 g/mol. The Morgan fingerprint density at radius 1 is 1.31 bits per heavy atom. The van der Waals surface area contributed by atoms with Crippen molar-refractivity contribution >= 4 is 78.4 Å². The summed E-state index contributed by atoms with van der Waals surface area (Å²) in [5.41, 5.74) is 0. The summed E-state index contributed by atoms with van der Waals surface area (Å²) in [5.74, 6) is 0. The van der Waals surface area contributed by atoms with Crippen LogP contribution < -0.4 is 0 Å². The summed E-state index contributed by atoms with van der Waals surface area (Å²) in [6.45, 7) is 0. The molecule has 1 heterocycles. The van der Waals surface area contributed by atoms with Gasteiger partial charge in [-0.05, 0) is 63.6 Å². The van der Waals surface area contributed by atoms with Gasteiger partial charge in [-0.3, -0.25) is 0 Å². The van der Waals surface area contributed by atoms with Gasteiger partial charge >= 0.3 is 0 Å². The highest BCUT2D eigenvalue weighted by atomic mass is 127. The lowest BCUT2D eigenvalue weighted by Gasteiger charge is -2.00. The molecule has 0 spiro atoms. The smallest absolute Gasteiger partial charge is 0.0490 e. The van der Waals surface area contributed by atoms with Crippen LogP contribution in [0.3, 0.4) is 0 Å².